The van der Waals surface area contributed by atoms with Crippen LogP contribution in [-0.2, 0) is 20.9 Å². The predicted molar refractivity (Wildman–Crippen MR) is 98.0 cm³/mol. The third-order valence-corrected chi connectivity index (χ3v) is 3.90. The van der Waals surface area contributed by atoms with Gasteiger partial charge in [-0.05, 0) is 17.7 Å². The Kier molecular flexibility index (Phi) is 7.69. The number of amides is 2. The molecule has 24 heavy (non-hydrogen) atoms. The highest BCUT2D eigenvalue weighted by atomic mass is 28.3. The summed E-state index contributed by atoms with van der Waals surface area (Å²) < 4.78 is 4.96. The van der Waals surface area contributed by atoms with E-state index in [1.165, 1.54) is 14.0 Å². The number of carbonyl (C=O) groups excluding carboxylic acids is 2. The van der Waals surface area contributed by atoms with Gasteiger partial charge in [-0.3, -0.25) is 9.59 Å². The highest BCUT2D eigenvalue weighted by Crippen LogP contribution is 2.05. The van der Waals surface area contributed by atoms with Crippen molar-refractivity contribution in [2.45, 2.75) is 39.2 Å². The summed E-state index contributed by atoms with van der Waals surface area (Å²) in [5, 5.41) is 5.37. The smallest absolute Gasteiger partial charge is 0.245 e. The fraction of sp³-hybridized carbons (Fsp3) is 0.444. The van der Waals surface area contributed by atoms with E-state index in [0.29, 0.717) is 6.54 Å². The van der Waals surface area contributed by atoms with Gasteiger partial charge in [0.1, 0.15) is 14.1 Å². The van der Waals surface area contributed by atoms with Gasteiger partial charge in [0.2, 0.25) is 11.8 Å². The van der Waals surface area contributed by atoms with Gasteiger partial charge in [0.05, 0.1) is 6.61 Å². The molecule has 1 atom stereocenters. The van der Waals surface area contributed by atoms with Crippen molar-refractivity contribution in [1.29, 1.82) is 0 Å². The molecule has 1 aromatic rings. The van der Waals surface area contributed by atoms with Crippen molar-refractivity contribution in [1.82, 2.24) is 10.6 Å². The van der Waals surface area contributed by atoms with E-state index >= 15 is 0 Å². The van der Waals surface area contributed by atoms with Gasteiger partial charge in [-0.15, -0.1) is 5.54 Å². The van der Waals surface area contributed by atoms with Crippen LogP contribution in [-0.4, -0.2) is 39.6 Å². The zero-order chi connectivity index (χ0) is 18.2. The maximum Gasteiger partial charge on any atom is 0.245 e. The summed E-state index contributed by atoms with van der Waals surface area (Å²) in [7, 11) is 0.106. The summed E-state index contributed by atoms with van der Waals surface area (Å²) in [6, 6.07) is 7.11. The first kappa shape index (κ1) is 19.9. The molecule has 0 aromatic heterocycles. The van der Waals surface area contributed by atoms with Crippen LogP contribution < -0.4 is 10.6 Å². The lowest BCUT2D eigenvalue weighted by Crippen LogP contribution is -2.48. The van der Waals surface area contributed by atoms with Crippen molar-refractivity contribution in [3.8, 4) is 11.5 Å². The molecule has 0 spiro atoms. The zero-order valence-corrected chi connectivity index (χ0v) is 16.0. The largest absolute Gasteiger partial charge is 0.382 e. The van der Waals surface area contributed by atoms with Crippen molar-refractivity contribution in [2.75, 3.05) is 13.7 Å². The topological polar surface area (TPSA) is 67.4 Å². The van der Waals surface area contributed by atoms with Crippen molar-refractivity contribution in [2.24, 2.45) is 0 Å². The van der Waals surface area contributed by atoms with Gasteiger partial charge >= 0.3 is 0 Å². The first-order valence-electron chi connectivity index (χ1n) is 7.87. The molecule has 2 amide bonds. The SMILES string of the molecule is COC[C@H](NC(C)=O)C(=O)NCc1ccc(C#C[Si](C)(C)C)cc1. The van der Waals surface area contributed by atoms with Crippen molar-refractivity contribution >= 4 is 19.9 Å². The number of hydrogen-bond acceptors (Lipinski definition) is 3. The van der Waals surface area contributed by atoms with Crippen molar-refractivity contribution < 1.29 is 14.3 Å². The summed E-state index contributed by atoms with van der Waals surface area (Å²) in [5.41, 5.74) is 5.27. The first-order valence-corrected chi connectivity index (χ1v) is 11.4. The Morgan fingerprint density at radius 1 is 1.21 bits per heavy atom. The van der Waals surface area contributed by atoms with Crippen LogP contribution in [0.15, 0.2) is 24.3 Å². The van der Waals surface area contributed by atoms with Crippen LogP contribution in [0.4, 0.5) is 0 Å². The minimum absolute atomic E-state index is 0.136. The number of hydrogen-bond donors (Lipinski definition) is 2. The maximum absolute atomic E-state index is 12.1. The second-order valence-corrected chi connectivity index (χ2v) is 11.4. The van der Waals surface area contributed by atoms with E-state index in [1.807, 2.05) is 24.3 Å². The fourth-order valence-corrected chi connectivity index (χ4v) is 2.39. The minimum Gasteiger partial charge on any atom is -0.382 e. The van der Waals surface area contributed by atoms with Crippen LogP contribution in [0.25, 0.3) is 0 Å². The number of rotatable bonds is 6. The molecule has 0 aliphatic heterocycles. The molecular weight excluding hydrogens is 320 g/mol. The van der Waals surface area contributed by atoms with E-state index in [1.54, 1.807) is 0 Å². The first-order chi connectivity index (χ1) is 11.2. The maximum atomic E-state index is 12.1. The van der Waals surface area contributed by atoms with Crippen LogP contribution >= 0.6 is 0 Å². The number of benzene rings is 1. The van der Waals surface area contributed by atoms with Crippen LogP contribution in [0.5, 0.6) is 0 Å². The Morgan fingerprint density at radius 3 is 2.33 bits per heavy atom. The van der Waals surface area contributed by atoms with E-state index in [0.717, 1.165) is 11.1 Å². The molecule has 0 saturated carbocycles. The lowest BCUT2D eigenvalue weighted by molar-refractivity contribution is -0.129. The highest BCUT2D eigenvalue weighted by molar-refractivity contribution is 6.83. The molecular formula is C18H26N2O3Si. The van der Waals surface area contributed by atoms with Gasteiger partial charge in [0.15, 0.2) is 0 Å². The Bertz CT molecular complexity index is 624. The van der Waals surface area contributed by atoms with Crippen LogP contribution in [0.2, 0.25) is 19.6 Å². The van der Waals surface area contributed by atoms with Crippen LogP contribution in [0.3, 0.4) is 0 Å². The van der Waals surface area contributed by atoms with Crippen LogP contribution in [0.1, 0.15) is 18.1 Å². The number of nitrogens with one attached hydrogen (secondary N) is 2. The molecule has 1 rings (SSSR count). The third-order valence-electron chi connectivity index (χ3n) is 3.03. The lowest BCUT2D eigenvalue weighted by atomic mass is 10.1. The molecule has 0 radical (unpaired) electrons. The monoisotopic (exact) mass is 346 g/mol. The molecule has 2 N–H and O–H groups in total. The van der Waals surface area contributed by atoms with E-state index in [9.17, 15) is 9.59 Å². The second kappa shape index (κ2) is 9.26. The van der Waals surface area contributed by atoms with Crippen LogP contribution in [0, 0.1) is 11.5 Å². The molecule has 1 aromatic carbocycles. The van der Waals surface area contributed by atoms with Gasteiger partial charge in [0, 0.05) is 26.1 Å². The quantitative estimate of drug-likeness (QED) is 0.608. The Morgan fingerprint density at radius 2 is 1.83 bits per heavy atom. The Labute approximate surface area is 145 Å². The normalized spacial score (nSPS) is 11.9. The molecule has 0 unspecified atom stereocenters. The molecule has 0 saturated heterocycles. The van der Waals surface area contributed by atoms with Gasteiger partial charge in [-0.1, -0.05) is 37.7 Å². The molecule has 0 bridgehead atoms. The van der Waals surface area contributed by atoms with Gasteiger partial charge in [0.25, 0.3) is 0 Å². The lowest BCUT2D eigenvalue weighted by Gasteiger charge is -2.16. The van der Waals surface area contributed by atoms with Gasteiger partial charge in [-0.25, -0.2) is 0 Å². The molecule has 6 heteroatoms. The summed E-state index contributed by atoms with van der Waals surface area (Å²) in [5.74, 6) is 2.66. The van der Waals surface area contributed by atoms with Gasteiger partial charge in [-0.2, -0.15) is 0 Å². The molecule has 130 valence electrons. The molecule has 5 nitrogen and oxygen atoms in total. The average Bonchev–Trinajstić information content (AvgIpc) is 2.50. The van der Waals surface area contributed by atoms with Crippen molar-refractivity contribution in [3.05, 3.63) is 35.4 Å². The Balaban J connectivity index is 2.61. The highest BCUT2D eigenvalue weighted by Gasteiger charge is 2.18. The second-order valence-electron chi connectivity index (χ2n) is 6.62. The molecule has 0 fully saturated rings. The number of carbonyl (C=O) groups is 2. The standard InChI is InChI=1S/C18H26N2O3Si/c1-14(21)20-17(13-23-2)18(22)19-12-16-8-6-15(7-9-16)10-11-24(3,4)5/h6-9,17H,12-13H2,1-5H3,(H,19,22)(H,20,21)/t17-/m0/s1. The summed E-state index contributed by atoms with van der Waals surface area (Å²) >= 11 is 0. The predicted octanol–water partition coefficient (Wildman–Crippen LogP) is 1.68. The Hall–Kier alpha value is -2.10. The minimum atomic E-state index is -1.38. The zero-order valence-electron chi connectivity index (χ0n) is 15.0. The average molecular weight is 347 g/mol. The summed E-state index contributed by atoms with van der Waals surface area (Å²) in [6.45, 7) is 8.51. The van der Waals surface area contributed by atoms with E-state index in [4.69, 9.17) is 4.74 Å². The van der Waals surface area contributed by atoms with E-state index in [-0.39, 0.29) is 18.4 Å². The van der Waals surface area contributed by atoms with Gasteiger partial charge < -0.3 is 15.4 Å². The number of ether oxygens (including phenoxy) is 1. The summed E-state index contributed by atoms with van der Waals surface area (Å²) in [4.78, 5) is 23.2. The van der Waals surface area contributed by atoms with E-state index in [2.05, 4.69) is 41.7 Å². The fourth-order valence-electron chi connectivity index (χ4n) is 1.87. The molecule has 0 aliphatic carbocycles. The third kappa shape index (κ3) is 7.95. The van der Waals surface area contributed by atoms with Crippen molar-refractivity contribution in [3.63, 3.8) is 0 Å². The van der Waals surface area contributed by atoms with E-state index < -0.39 is 14.1 Å². The summed E-state index contributed by atoms with van der Waals surface area (Å²) in [6.07, 6.45) is 0. The molecule has 0 aliphatic rings. The number of methoxy groups -OCH3 is 1. The molecule has 0 heterocycles.